The molecule has 0 aromatic heterocycles. The van der Waals surface area contributed by atoms with Crippen LogP contribution in [0.1, 0.15) is 13.3 Å². The molecular formula is C12H19NO3. The van der Waals surface area contributed by atoms with Gasteiger partial charge in [0.1, 0.15) is 5.75 Å². The number of anilines is 1. The van der Waals surface area contributed by atoms with Crippen LogP contribution in [0.4, 0.5) is 5.69 Å². The van der Waals surface area contributed by atoms with Gasteiger partial charge in [-0.2, -0.15) is 0 Å². The van der Waals surface area contributed by atoms with E-state index in [1.165, 1.54) is 0 Å². The number of hydrogen-bond acceptors (Lipinski definition) is 4. The predicted molar refractivity (Wildman–Crippen MR) is 63.8 cm³/mol. The molecule has 0 radical (unpaired) electrons. The molecule has 0 aliphatic rings. The Morgan fingerprint density at radius 3 is 2.56 bits per heavy atom. The van der Waals surface area contributed by atoms with E-state index in [9.17, 15) is 0 Å². The highest BCUT2D eigenvalue weighted by molar-refractivity contribution is 5.46. The summed E-state index contributed by atoms with van der Waals surface area (Å²) >= 11 is 0. The number of benzene rings is 1. The Labute approximate surface area is 95.9 Å². The van der Waals surface area contributed by atoms with Crippen LogP contribution < -0.4 is 10.1 Å². The lowest BCUT2D eigenvalue weighted by Crippen LogP contribution is -2.22. The number of ether oxygens (including phenoxy) is 1. The molecule has 16 heavy (non-hydrogen) atoms. The zero-order valence-electron chi connectivity index (χ0n) is 9.52. The fourth-order valence-electron chi connectivity index (χ4n) is 1.19. The molecule has 0 bridgehead atoms. The minimum atomic E-state index is -0.726. The van der Waals surface area contributed by atoms with E-state index in [0.29, 0.717) is 6.54 Å². The maximum Gasteiger partial charge on any atom is 0.119 e. The summed E-state index contributed by atoms with van der Waals surface area (Å²) in [4.78, 5) is 0. The summed E-state index contributed by atoms with van der Waals surface area (Å²) in [5, 5.41) is 20.8. The first kappa shape index (κ1) is 12.8. The second-order valence-electron chi connectivity index (χ2n) is 3.59. The topological polar surface area (TPSA) is 61.7 Å². The van der Waals surface area contributed by atoms with E-state index < -0.39 is 6.10 Å². The van der Waals surface area contributed by atoms with Gasteiger partial charge in [-0.3, -0.25) is 0 Å². The lowest BCUT2D eigenvalue weighted by Gasteiger charge is -2.11. The van der Waals surface area contributed by atoms with Gasteiger partial charge >= 0.3 is 0 Å². The van der Waals surface area contributed by atoms with Crippen LogP contribution in [0.15, 0.2) is 24.3 Å². The number of rotatable bonds is 7. The van der Waals surface area contributed by atoms with Crippen molar-refractivity contribution in [2.45, 2.75) is 19.4 Å². The molecule has 0 heterocycles. The van der Waals surface area contributed by atoms with Gasteiger partial charge in [-0.25, -0.2) is 0 Å². The Kier molecular flexibility index (Phi) is 5.67. The Morgan fingerprint density at radius 1 is 1.31 bits per heavy atom. The SMILES string of the molecule is CCCOc1ccc(NCC(O)CO)cc1. The van der Waals surface area contributed by atoms with Crippen molar-refractivity contribution in [1.82, 2.24) is 0 Å². The molecule has 0 aliphatic heterocycles. The van der Waals surface area contributed by atoms with Gasteiger partial charge in [0.05, 0.1) is 19.3 Å². The fourth-order valence-corrected chi connectivity index (χ4v) is 1.19. The van der Waals surface area contributed by atoms with Crippen LogP contribution in [-0.4, -0.2) is 36.1 Å². The van der Waals surface area contributed by atoms with Gasteiger partial charge in [0.2, 0.25) is 0 Å². The van der Waals surface area contributed by atoms with E-state index in [-0.39, 0.29) is 6.61 Å². The molecule has 0 aliphatic carbocycles. The van der Waals surface area contributed by atoms with Crippen LogP contribution >= 0.6 is 0 Å². The molecule has 1 aromatic rings. The molecule has 90 valence electrons. The Morgan fingerprint density at radius 2 is 2.00 bits per heavy atom. The van der Waals surface area contributed by atoms with Crippen molar-refractivity contribution in [2.24, 2.45) is 0 Å². The van der Waals surface area contributed by atoms with Gasteiger partial charge in [0.15, 0.2) is 0 Å². The van der Waals surface area contributed by atoms with Gasteiger partial charge < -0.3 is 20.3 Å². The van der Waals surface area contributed by atoms with Crippen LogP contribution in [0.25, 0.3) is 0 Å². The normalized spacial score (nSPS) is 12.2. The summed E-state index contributed by atoms with van der Waals surface area (Å²) in [7, 11) is 0. The molecule has 1 rings (SSSR count). The van der Waals surface area contributed by atoms with Crippen LogP contribution in [0.3, 0.4) is 0 Å². The van der Waals surface area contributed by atoms with E-state index >= 15 is 0 Å². The Bertz CT molecular complexity index is 287. The predicted octanol–water partition coefficient (Wildman–Crippen LogP) is 1.24. The molecule has 1 unspecified atom stereocenters. The average Bonchev–Trinajstić information content (AvgIpc) is 2.34. The second kappa shape index (κ2) is 7.09. The average molecular weight is 225 g/mol. The largest absolute Gasteiger partial charge is 0.494 e. The fraction of sp³-hybridized carbons (Fsp3) is 0.500. The number of hydrogen-bond donors (Lipinski definition) is 3. The third-order valence-corrected chi connectivity index (χ3v) is 2.08. The van der Waals surface area contributed by atoms with Crippen molar-refractivity contribution < 1.29 is 14.9 Å². The summed E-state index contributed by atoms with van der Waals surface area (Å²) in [6.45, 7) is 2.89. The molecule has 0 saturated carbocycles. The van der Waals surface area contributed by atoms with E-state index in [1.54, 1.807) is 0 Å². The summed E-state index contributed by atoms with van der Waals surface area (Å²) in [6.07, 6.45) is 0.263. The van der Waals surface area contributed by atoms with E-state index in [2.05, 4.69) is 12.2 Å². The number of aliphatic hydroxyl groups excluding tert-OH is 2. The number of nitrogens with one attached hydrogen (secondary N) is 1. The first-order valence-electron chi connectivity index (χ1n) is 5.52. The molecule has 4 heteroatoms. The van der Waals surface area contributed by atoms with Crippen molar-refractivity contribution in [3.8, 4) is 5.75 Å². The molecule has 1 atom stereocenters. The lowest BCUT2D eigenvalue weighted by molar-refractivity contribution is 0.105. The van der Waals surface area contributed by atoms with Gasteiger partial charge in [-0.05, 0) is 30.7 Å². The molecule has 0 saturated heterocycles. The highest BCUT2D eigenvalue weighted by atomic mass is 16.5. The zero-order chi connectivity index (χ0) is 11.8. The maximum absolute atomic E-state index is 9.15. The Balaban J connectivity index is 2.38. The van der Waals surface area contributed by atoms with Crippen LogP contribution in [-0.2, 0) is 0 Å². The number of aliphatic hydroxyl groups is 2. The molecule has 3 N–H and O–H groups in total. The lowest BCUT2D eigenvalue weighted by atomic mass is 10.3. The molecular weight excluding hydrogens is 206 g/mol. The highest BCUT2D eigenvalue weighted by Crippen LogP contribution is 2.15. The third-order valence-electron chi connectivity index (χ3n) is 2.08. The molecule has 1 aromatic carbocycles. The summed E-state index contributed by atoms with van der Waals surface area (Å²) < 4.78 is 5.44. The van der Waals surface area contributed by atoms with E-state index in [4.69, 9.17) is 14.9 Å². The van der Waals surface area contributed by atoms with Crippen LogP contribution in [0.5, 0.6) is 5.75 Å². The quantitative estimate of drug-likeness (QED) is 0.653. The van der Waals surface area contributed by atoms with Gasteiger partial charge in [0.25, 0.3) is 0 Å². The molecule has 0 amide bonds. The second-order valence-corrected chi connectivity index (χ2v) is 3.59. The van der Waals surface area contributed by atoms with Gasteiger partial charge in [-0.1, -0.05) is 6.92 Å². The summed E-state index contributed by atoms with van der Waals surface area (Å²) in [5.74, 6) is 0.843. The minimum Gasteiger partial charge on any atom is -0.494 e. The Hall–Kier alpha value is -1.26. The van der Waals surface area contributed by atoms with Crippen LogP contribution in [0.2, 0.25) is 0 Å². The maximum atomic E-state index is 9.15. The highest BCUT2D eigenvalue weighted by Gasteiger charge is 2.01. The third kappa shape index (κ3) is 4.51. The molecule has 4 nitrogen and oxygen atoms in total. The minimum absolute atomic E-state index is 0.231. The zero-order valence-corrected chi connectivity index (χ0v) is 9.52. The van der Waals surface area contributed by atoms with Gasteiger partial charge in [-0.15, -0.1) is 0 Å². The monoisotopic (exact) mass is 225 g/mol. The molecule has 0 fully saturated rings. The smallest absolute Gasteiger partial charge is 0.119 e. The standard InChI is InChI=1S/C12H19NO3/c1-2-7-16-12-5-3-10(4-6-12)13-8-11(15)9-14/h3-6,11,13-15H,2,7-9H2,1H3. The van der Waals surface area contributed by atoms with E-state index in [0.717, 1.165) is 24.5 Å². The first-order chi connectivity index (χ1) is 7.76. The first-order valence-corrected chi connectivity index (χ1v) is 5.52. The van der Waals surface area contributed by atoms with Gasteiger partial charge in [0, 0.05) is 12.2 Å². The molecule has 0 spiro atoms. The van der Waals surface area contributed by atoms with Crippen molar-refractivity contribution in [3.63, 3.8) is 0 Å². The summed E-state index contributed by atoms with van der Waals surface area (Å²) in [5.41, 5.74) is 0.899. The van der Waals surface area contributed by atoms with Crippen molar-refractivity contribution in [2.75, 3.05) is 25.1 Å². The van der Waals surface area contributed by atoms with Crippen LogP contribution in [0, 0.1) is 0 Å². The van der Waals surface area contributed by atoms with Crippen molar-refractivity contribution >= 4 is 5.69 Å². The van der Waals surface area contributed by atoms with E-state index in [1.807, 2.05) is 24.3 Å². The van der Waals surface area contributed by atoms with Crippen molar-refractivity contribution in [1.29, 1.82) is 0 Å². The van der Waals surface area contributed by atoms with Crippen molar-refractivity contribution in [3.05, 3.63) is 24.3 Å². The summed E-state index contributed by atoms with van der Waals surface area (Å²) in [6, 6.07) is 7.52.